The van der Waals surface area contributed by atoms with Gasteiger partial charge in [0.15, 0.2) is 0 Å². The first-order valence-electron chi connectivity index (χ1n) is 13.3. The van der Waals surface area contributed by atoms with Gasteiger partial charge < -0.3 is 24.6 Å². The van der Waals surface area contributed by atoms with Crippen LogP contribution in [0, 0.1) is 5.92 Å². The number of carbonyl (C=O) groups excluding carboxylic acids is 1. The van der Waals surface area contributed by atoms with Crippen molar-refractivity contribution in [3.05, 3.63) is 84.1 Å². The molecule has 3 fully saturated rings. The van der Waals surface area contributed by atoms with E-state index < -0.39 is 0 Å². The van der Waals surface area contributed by atoms with Gasteiger partial charge >= 0.3 is 0 Å². The molecule has 0 saturated carbocycles. The largest absolute Gasteiger partial charge is 0.378 e. The first-order valence-corrected chi connectivity index (χ1v) is 13.3. The van der Waals surface area contributed by atoms with E-state index in [1.165, 1.54) is 5.56 Å². The van der Waals surface area contributed by atoms with Gasteiger partial charge in [0, 0.05) is 50.4 Å². The highest BCUT2D eigenvalue weighted by Crippen LogP contribution is 2.38. The van der Waals surface area contributed by atoms with Crippen molar-refractivity contribution in [2.24, 2.45) is 5.92 Å². The molecule has 4 heterocycles. The lowest BCUT2D eigenvalue weighted by Crippen LogP contribution is -2.47. The number of benzene rings is 2. The molecule has 7 heteroatoms. The van der Waals surface area contributed by atoms with Gasteiger partial charge in [-0.25, -0.2) is 4.98 Å². The van der Waals surface area contributed by atoms with Crippen molar-refractivity contribution in [1.82, 2.24) is 15.2 Å². The molecule has 3 aromatic rings. The van der Waals surface area contributed by atoms with Crippen LogP contribution >= 0.6 is 0 Å². The number of aromatic nitrogens is 1. The summed E-state index contributed by atoms with van der Waals surface area (Å²) in [5.74, 6) is 1.18. The van der Waals surface area contributed by atoms with Crippen molar-refractivity contribution < 1.29 is 14.3 Å². The van der Waals surface area contributed by atoms with E-state index in [0.717, 1.165) is 55.4 Å². The van der Waals surface area contributed by atoms with Gasteiger partial charge in [-0.1, -0.05) is 54.6 Å². The molecule has 3 aliphatic rings. The molecule has 0 radical (unpaired) electrons. The summed E-state index contributed by atoms with van der Waals surface area (Å²) >= 11 is 0. The molecule has 37 heavy (non-hydrogen) atoms. The number of morpholine rings is 2. The van der Waals surface area contributed by atoms with Gasteiger partial charge in [0.1, 0.15) is 5.82 Å². The maximum atomic E-state index is 14.0. The second-order valence-corrected chi connectivity index (χ2v) is 10.00. The molecule has 1 N–H and O–H groups in total. The average molecular weight is 499 g/mol. The van der Waals surface area contributed by atoms with Crippen LogP contribution in [0.5, 0.6) is 0 Å². The van der Waals surface area contributed by atoms with Gasteiger partial charge in [-0.3, -0.25) is 4.79 Å². The van der Waals surface area contributed by atoms with Crippen LogP contribution in [0.3, 0.4) is 0 Å². The molecule has 3 aliphatic heterocycles. The molecule has 0 bridgehead atoms. The molecule has 2 aromatic carbocycles. The zero-order valence-electron chi connectivity index (χ0n) is 21.1. The quantitative estimate of drug-likeness (QED) is 0.581. The smallest absolute Gasteiger partial charge is 0.228 e. The number of nitrogens with one attached hydrogen (secondary N) is 1. The number of anilines is 1. The van der Waals surface area contributed by atoms with Crippen LogP contribution in [0.1, 0.15) is 23.1 Å². The maximum Gasteiger partial charge on any atom is 0.228 e. The Balaban J connectivity index is 1.26. The van der Waals surface area contributed by atoms with Gasteiger partial charge in [0.05, 0.1) is 38.4 Å². The maximum absolute atomic E-state index is 14.0. The van der Waals surface area contributed by atoms with E-state index >= 15 is 0 Å². The summed E-state index contributed by atoms with van der Waals surface area (Å²) in [4.78, 5) is 23.1. The van der Waals surface area contributed by atoms with Gasteiger partial charge in [0.25, 0.3) is 0 Å². The summed E-state index contributed by atoms with van der Waals surface area (Å²) in [5.41, 5.74) is 4.57. The Bertz CT molecular complexity index is 1200. The highest BCUT2D eigenvalue weighted by Gasteiger charge is 2.40. The van der Waals surface area contributed by atoms with E-state index in [4.69, 9.17) is 14.5 Å². The molecule has 7 nitrogen and oxygen atoms in total. The lowest BCUT2D eigenvalue weighted by atomic mass is 9.83. The van der Waals surface area contributed by atoms with E-state index in [2.05, 4.69) is 58.7 Å². The number of amides is 1. The first kappa shape index (κ1) is 24.1. The van der Waals surface area contributed by atoms with Crippen molar-refractivity contribution in [3.63, 3.8) is 0 Å². The SMILES string of the molecule is O=C([C@@H]1CNC[C@H]1c1ccccc1-c1ccc(N2CCOCC2)nc1)N1CCOC[C@@H]1c1ccccc1. The van der Waals surface area contributed by atoms with E-state index in [1.807, 2.05) is 29.3 Å². The molecule has 1 aromatic heterocycles. The number of pyridine rings is 1. The molecule has 192 valence electrons. The molecule has 3 saturated heterocycles. The highest BCUT2D eigenvalue weighted by atomic mass is 16.5. The minimum absolute atomic E-state index is 0.0455. The summed E-state index contributed by atoms with van der Waals surface area (Å²) in [6, 6.07) is 22.9. The van der Waals surface area contributed by atoms with Crippen molar-refractivity contribution in [2.45, 2.75) is 12.0 Å². The normalized spacial score (nSPS) is 24.3. The van der Waals surface area contributed by atoms with E-state index in [0.29, 0.717) is 26.3 Å². The average Bonchev–Trinajstić information content (AvgIpc) is 3.48. The fourth-order valence-corrected chi connectivity index (χ4v) is 5.90. The van der Waals surface area contributed by atoms with Crippen LogP contribution in [0.25, 0.3) is 11.1 Å². The molecule has 0 spiro atoms. The number of nitrogens with zero attached hydrogens (tertiary/aromatic N) is 3. The van der Waals surface area contributed by atoms with E-state index in [-0.39, 0.29) is 23.8 Å². The van der Waals surface area contributed by atoms with Crippen molar-refractivity contribution in [1.29, 1.82) is 0 Å². The number of rotatable bonds is 5. The fourth-order valence-electron chi connectivity index (χ4n) is 5.90. The Labute approximate surface area is 218 Å². The Morgan fingerprint density at radius 2 is 1.65 bits per heavy atom. The van der Waals surface area contributed by atoms with Crippen LogP contribution < -0.4 is 10.2 Å². The second-order valence-electron chi connectivity index (χ2n) is 10.00. The van der Waals surface area contributed by atoms with Crippen LogP contribution in [-0.4, -0.2) is 74.9 Å². The van der Waals surface area contributed by atoms with Crippen molar-refractivity contribution in [3.8, 4) is 11.1 Å². The van der Waals surface area contributed by atoms with Gasteiger partial charge in [0.2, 0.25) is 5.91 Å². The molecular weight excluding hydrogens is 464 g/mol. The van der Waals surface area contributed by atoms with Gasteiger partial charge in [-0.15, -0.1) is 0 Å². The minimum Gasteiger partial charge on any atom is -0.378 e. The topological polar surface area (TPSA) is 66.9 Å². The van der Waals surface area contributed by atoms with Crippen LogP contribution in [-0.2, 0) is 14.3 Å². The van der Waals surface area contributed by atoms with E-state index in [9.17, 15) is 4.79 Å². The van der Waals surface area contributed by atoms with Crippen molar-refractivity contribution in [2.75, 3.05) is 64.1 Å². The third-order valence-electron chi connectivity index (χ3n) is 7.88. The second kappa shape index (κ2) is 11.0. The summed E-state index contributed by atoms with van der Waals surface area (Å²) in [5, 5.41) is 3.51. The number of hydrogen-bond donors (Lipinski definition) is 1. The van der Waals surface area contributed by atoms with Crippen LogP contribution in [0.4, 0.5) is 5.82 Å². The lowest BCUT2D eigenvalue weighted by Gasteiger charge is -2.38. The summed E-state index contributed by atoms with van der Waals surface area (Å²) in [6.45, 7) is 6.43. The Hall–Kier alpha value is -3.26. The predicted molar refractivity (Wildman–Crippen MR) is 144 cm³/mol. The fraction of sp³-hybridized carbons (Fsp3) is 0.400. The first-order chi connectivity index (χ1) is 18.3. The Kier molecular flexibility index (Phi) is 7.17. The van der Waals surface area contributed by atoms with Crippen LogP contribution in [0.15, 0.2) is 72.9 Å². The summed E-state index contributed by atoms with van der Waals surface area (Å²) in [6.07, 6.45) is 1.97. The molecule has 0 aliphatic carbocycles. The zero-order chi connectivity index (χ0) is 25.0. The highest BCUT2D eigenvalue weighted by molar-refractivity contribution is 5.82. The molecular formula is C30H34N4O3. The molecule has 0 unspecified atom stereocenters. The number of hydrogen-bond acceptors (Lipinski definition) is 6. The van der Waals surface area contributed by atoms with Crippen molar-refractivity contribution >= 4 is 11.7 Å². The number of ether oxygens (including phenoxy) is 2. The summed E-state index contributed by atoms with van der Waals surface area (Å²) in [7, 11) is 0. The standard InChI is InChI=1S/C30H34N4O3/c35-30(34-14-17-37-21-28(34)22-6-2-1-3-7-22)27-20-31-19-26(27)25-9-5-4-8-24(25)23-10-11-29(32-18-23)33-12-15-36-16-13-33/h1-11,18,26-28,31H,12-17,19-21H2/t26-,27+,28+/m0/s1. The molecule has 1 amide bonds. The Morgan fingerprint density at radius 3 is 2.46 bits per heavy atom. The third-order valence-corrected chi connectivity index (χ3v) is 7.88. The lowest BCUT2D eigenvalue weighted by molar-refractivity contribution is -0.144. The zero-order valence-corrected chi connectivity index (χ0v) is 21.1. The molecule has 3 atom stereocenters. The minimum atomic E-state index is -0.119. The van der Waals surface area contributed by atoms with Crippen LogP contribution in [0.2, 0.25) is 0 Å². The Morgan fingerprint density at radius 1 is 0.865 bits per heavy atom. The van der Waals surface area contributed by atoms with E-state index in [1.54, 1.807) is 0 Å². The summed E-state index contributed by atoms with van der Waals surface area (Å²) < 4.78 is 11.3. The van der Waals surface area contributed by atoms with Gasteiger partial charge in [-0.2, -0.15) is 0 Å². The van der Waals surface area contributed by atoms with Gasteiger partial charge in [-0.05, 0) is 28.8 Å². The monoisotopic (exact) mass is 498 g/mol. The predicted octanol–water partition coefficient (Wildman–Crippen LogP) is 3.49. The third kappa shape index (κ3) is 4.99. The molecule has 6 rings (SSSR count). The number of carbonyl (C=O) groups is 1.